The zero-order valence-corrected chi connectivity index (χ0v) is 11.6. The van der Waals surface area contributed by atoms with E-state index >= 15 is 0 Å². The van der Waals surface area contributed by atoms with Gasteiger partial charge in [-0.25, -0.2) is 5.43 Å². The SMILES string of the molecule is NNC(C1=COCCC1)c1ccc(Cl)c(Br)c1. The molecule has 1 aromatic rings. The number of nitrogens with one attached hydrogen (secondary N) is 1. The van der Waals surface area contributed by atoms with E-state index in [1.807, 2.05) is 18.2 Å². The number of benzene rings is 1. The number of hydrogen-bond acceptors (Lipinski definition) is 3. The summed E-state index contributed by atoms with van der Waals surface area (Å²) in [5.41, 5.74) is 5.05. The maximum absolute atomic E-state index is 5.98. The smallest absolute Gasteiger partial charge is 0.0876 e. The Hall–Kier alpha value is -0.550. The van der Waals surface area contributed by atoms with Gasteiger partial charge in [-0.2, -0.15) is 0 Å². The fraction of sp³-hybridized carbons (Fsp3) is 0.333. The molecule has 1 unspecified atom stereocenters. The number of ether oxygens (including phenoxy) is 1. The first-order valence-corrected chi connectivity index (χ1v) is 6.61. The first-order valence-electron chi connectivity index (χ1n) is 5.44. The first-order chi connectivity index (χ1) is 8.22. The summed E-state index contributed by atoms with van der Waals surface area (Å²) in [6.07, 6.45) is 3.82. The molecule has 0 fully saturated rings. The lowest BCUT2D eigenvalue weighted by molar-refractivity contribution is 0.219. The van der Waals surface area contributed by atoms with Crippen molar-refractivity contribution in [2.24, 2.45) is 5.84 Å². The molecule has 1 heterocycles. The maximum Gasteiger partial charge on any atom is 0.0876 e. The standard InChI is InChI=1S/C12H14BrClN2O/c13-10-6-8(3-4-11(10)14)12(16-15)9-2-1-5-17-7-9/h3-4,6-7,12,16H,1-2,5,15H2. The van der Waals surface area contributed by atoms with E-state index in [-0.39, 0.29) is 6.04 Å². The van der Waals surface area contributed by atoms with Gasteiger partial charge in [-0.1, -0.05) is 17.7 Å². The molecular formula is C12H14BrClN2O. The van der Waals surface area contributed by atoms with E-state index in [9.17, 15) is 0 Å². The molecule has 0 saturated carbocycles. The second-order valence-electron chi connectivity index (χ2n) is 3.94. The minimum atomic E-state index is -0.0242. The van der Waals surface area contributed by atoms with E-state index < -0.39 is 0 Å². The van der Waals surface area contributed by atoms with E-state index in [1.165, 1.54) is 0 Å². The number of rotatable bonds is 3. The molecule has 3 nitrogen and oxygen atoms in total. The Bertz CT molecular complexity index is 437. The lowest BCUT2D eigenvalue weighted by atomic mass is 9.96. The molecule has 3 N–H and O–H groups in total. The largest absolute Gasteiger partial charge is 0.501 e. The third-order valence-corrected chi connectivity index (χ3v) is 3.99. The molecule has 0 spiro atoms. The Kier molecular flexibility index (Phi) is 4.45. The van der Waals surface area contributed by atoms with Crippen LogP contribution in [0.5, 0.6) is 0 Å². The molecule has 1 aliphatic heterocycles. The molecule has 17 heavy (non-hydrogen) atoms. The van der Waals surface area contributed by atoms with Crippen molar-refractivity contribution in [1.82, 2.24) is 5.43 Å². The van der Waals surface area contributed by atoms with Crippen LogP contribution >= 0.6 is 27.5 Å². The zero-order valence-electron chi connectivity index (χ0n) is 9.25. The number of hydrazine groups is 1. The average molecular weight is 318 g/mol. The molecule has 1 aromatic carbocycles. The topological polar surface area (TPSA) is 47.3 Å². The van der Waals surface area contributed by atoms with Gasteiger partial charge >= 0.3 is 0 Å². The molecule has 92 valence electrons. The molecule has 5 heteroatoms. The summed E-state index contributed by atoms with van der Waals surface area (Å²) in [5.74, 6) is 5.63. The summed E-state index contributed by atoms with van der Waals surface area (Å²) in [6, 6.07) is 5.77. The molecule has 1 atom stereocenters. The van der Waals surface area contributed by atoms with Gasteiger partial charge < -0.3 is 4.74 Å². The van der Waals surface area contributed by atoms with Crippen LogP contribution < -0.4 is 11.3 Å². The van der Waals surface area contributed by atoms with E-state index in [4.69, 9.17) is 22.2 Å². The van der Waals surface area contributed by atoms with Gasteiger partial charge in [0.15, 0.2) is 0 Å². The quantitative estimate of drug-likeness (QED) is 0.664. The minimum absolute atomic E-state index is 0.0242. The van der Waals surface area contributed by atoms with E-state index in [0.717, 1.165) is 35.1 Å². The normalized spacial score (nSPS) is 17.2. The molecule has 0 amide bonds. The molecule has 1 aliphatic rings. The fourth-order valence-electron chi connectivity index (χ4n) is 1.91. The molecule has 0 aliphatic carbocycles. The van der Waals surface area contributed by atoms with Crippen molar-refractivity contribution < 1.29 is 4.74 Å². The van der Waals surface area contributed by atoms with Crippen LogP contribution in [-0.4, -0.2) is 6.61 Å². The summed E-state index contributed by atoms with van der Waals surface area (Å²) in [4.78, 5) is 0. The van der Waals surface area contributed by atoms with E-state index in [1.54, 1.807) is 6.26 Å². The Balaban J connectivity index is 2.28. The zero-order chi connectivity index (χ0) is 12.3. The summed E-state index contributed by atoms with van der Waals surface area (Å²) < 4.78 is 6.21. The summed E-state index contributed by atoms with van der Waals surface area (Å²) in [5, 5.41) is 0.693. The maximum atomic E-state index is 5.98. The monoisotopic (exact) mass is 316 g/mol. The Labute approximate surface area is 114 Å². The van der Waals surface area contributed by atoms with Crippen LogP contribution in [0.2, 0.25) is 5.02 Å². The average Bonchev–Trinajstić information content (AvgIpc) is 2.36. The van der Waals surface area contributed by atoms with Crippen LogP contribution in [0.25, 0.3) is 0 Å². The van der Waals surface area contributed by atoms with Gasteiger partial charge in [-0.05, 0) is 52.0 Å². The number of hydrogen-bond donors (Lipinski definition) is 2. The van der Waals surface area contributed by atoms with Crippen molar-refractivity contribution in [2.75, 3.05) is 6.61 Å². The van der Waals surface area contributed by atoms with Crippen LogP contribution in [0.1, 0.15) is 24.4 Å². The van der Waals surface area contributed by atoms with Gasteiger partial charge in [0.1, 0.15) is 0 Å². The van der Waals surface area contributed by atoms with Crippen LogP contribution in [-0.2, 0) is 4.74 Å². The molecule has 0 bridgehead atoms. The predicted molar refractivity (Wildman–Crippen MR) is 72.5 cm³/mol. The van der Waals surface area contributed by atoms with Gasteiger partial charge in [-0.3, -0.25) is 5.84 Å². The van der Waals surface area contributed by atoms with Gasteiger partial charge in [0.2, 0.25) is 0 Å². The van der Waals surface area contributed by atoms with Crippen molar-refractivity contribution in [2.45, 2.75) is 18.9 Å². The summed E-state index contributed by atoms with van der Waals surface area (Å²) >= 11 is 9.39. The second kappa shape index (κ2) is 5.87. The number of nitrogens with two attached hydrogens (primary N) is 1. The van der Waals surface area contributed by atoms with Gasteiger partial charge in [0.25, 0.3) is 0 Å². The molecule has 0 aromatic heterocycles. The predicted octanol–water partition coefficient (Wildman–Crippen LogP) is 3.30. The van der Waals surface area contributed by atoms with Gasteiger partial charge in [-0.15, -0.1) is 0 Å². The Morgan fingerprint density at radius 2 is 2.29 bits per heavy atom. The van der Waals surface area contributed by atoms with Crippen molar-refractivity contribution >= 4 is 27.5 Å². The van der Waals surface area contributed by atoms with Crippen molar-refractivity contribution in [3.63, 3.8) is 0 Å². The van der Waals surface area contributed by atoms with E-state index in [0.29, 0.717) is 5.02 Å². The first kappa shape index (κ1) is 12.9. The number of halogens is 2. The van der Waals surface area contributed by atoms with Gasteiger partial charge in [0.05, 0.1) is 23.9 Å². The van der Waals surface area contributed by atoms with Crippen LogP contribution in [0.3, 0.4) is 0 Å². The van der Waals surface area contributed by atoms with Crippen LogP contribution in [0.15, 0.2) is 34.5 Å². The highest BCUT2D eigenvalue weighted by atomic mass is 79.9. The highest BCUT2D eigenvalue weighted by molar-refractivity contribution is 9.10. The summed E-state index contributed by atoms with van der Waals surface area (Å²) in [6.45, 7) is 0.783. The second-order valence-corrected chi connectivity index (χ2v) is 5.20. The fourth-order valence-corrected chi connectivity index (χ4v) is 2.42. The lowest BCUT2D eigenvalue weighted by Crippen LogP contribution is -2.30. The summed E-state index contributed by atoms with van der Waals surface area (Å²) in [7, 11) is 0. The van der Waals surface area contributed by atoms with Crippen molar-refractivity contribution in [3.05, 3.63) is 45.1 Å². The van der Waals surface area contributed by atoms with E-state index in [2.05, 4.69) is 21.4 Å². The molecule has 0 radical (unpaired) electrons. The third-order valence-electron chi connectivity index (χ3n) is 2.78. The lowest BCUT2D eigenvalue weighted by Gasteiger charge is -2.23. The third kappa shape index (κ3) is 3.01. The molecule has 2 rings (SSSR count). The molecular weight excluding hydrogens is 304 g/mol. The van der Waals surface area contributed by atoms with Crippen molar-refractivity contribution in [1.29, 1.82) is 0 Å². The van der Waals surface area contributed by atoms with Crippen LogP contribution in [0, 0.1) is 0 Å². The van der Waals surface area contributed by atoms with Gasteiger partial charge in [0, 0.05) is 4.47 Å². The minimum Gasteiger partial charge on any atom is -0.501 e. The van der Waals surface area contributed by atoms with Crippen LogP contribution in [0.4, 0.5) is 0 Å². The Morgan fingerprint density at radius 3 is 2.88 bits per heavy atom. The Morgan fingerprint density at radius 1 is 1.47 bits per heavy atom. The highest BCUT2D eigenvalue weighted by Gasteiger charge is 2.18. The van der Waals surface area contributed by atoms with Crippen molar-refractivity contribution in [3.8, 4) is 0 Å². The molecule has 0 saturated heterocycles. The highest BCUT2D eigenvalue weighted by Crippen LogP contribution is 2.31.